The van der Waals surface area contributed by atoms with E-state index in [0.29, 0.717) is 130 Å². The number of amides is 4. The molecule has 4 N–H and O–H groups in total. The lowest BCUT2D eigenvalue weighted by Crippen LogP contribution is -2.54. The summed E-state index contributed by atoms with van der Waals surface area (Å²) in [6.07, 6.45) is 4.08. The van der Waals surface area contributed by atoms with Crippen molar-refractivity contribution in [1.82, 2.24) is 30.0 Å². The predicted octanol–water partition coefficient (Wildman–Crippen LogP) is 4.93. The number of benzene rings is 3. The van der Waals surface area contributed by atoms with Crippen molar-refractivity contribution in [3.05, 3.63) is 83.0 Å². The van der Waals surface area contributed by atoms with E-state index in [1.54, 1.807) is 26.5 Å². The molecule has 3 saturated heterocycles. The maximum atomic E-state index is 13.1. The quantitative estimate of drug-likeness (QED) is 0.0416. The third-order valence-electron chi connectivity index (χ3n) is 13.4. The molecule has 4 aliphatic rings. The summed E-state index contributed by atoms with van der Waals surface area (Å²) in [5.41, 5.74) is 4.65. The van der Waals surface area contributed by atoms with Gasteiger partial charge in [-0.05, 0) is 69.0 Å². The van der Waals surface area contributed by atoms with Crippen molar-refractivity contribution < 1.29 is 47.4 Å². The average Bonchev–Trinajstić information content (AvgIpc) is 3.73. The van der Waals surface area contributed by atoms with Gasteiger partial charge in [0.2, 0.25) is 23.7 Å². The Hall–Kier alpha value is -5.86. The molecule has 1 atom stereocenters. The maximum Gasteiger partial charge on any atom is 0.255 e. The maximum absolute atomic E-state index is 13.1. The standard InChI is InChI=1S/C51H66ClN10O10P/c1-68-44-31-36(11-12-41(44)56-51-54-32-39(52)48(58-51)55-42-8-4-5-10-45(42)73(2,3)67)59-18-15-35(16-19-59)60-20-22-61(23-21-60)47(64)34-72-30-29-71-28-27-70-26-25-69-24-17-53-40-9-6-7-37-38(40)33-62(50(37)66)43-13-14-46(63)57-49(43)65/h4-12,31-32,35,43,53H,13-30,33-34H2,1-3H3,(H,57,63,65)(H2,54,55,56,58). The van der Waals surface area contributed by atoms with Crippen LogP contribution in [0.2, 0.25) is 5.02 Å². The van der Waals surface area contributed by atoms with Gasteiger partial charge < -0.3 is 58.9 Å². The minimum absolute atomic E-state index is 0.00868. The average molecular weight is 1050 g/mol. The molecule has 4 amide bonds. The first kappa shape index (κ1) is 53.4. The summed E-state index contributed by atoms with van der Waals surface area (Å²) in [6.45, 7) is 11.8. The number of carbonyl (C=O) groups is 4. The van der Waals surface area contributed by atoms with Gasteiger partial charge in [-0.15, -0.1) is 0 Å². The highest BCUT2D eigenvalue weighted by atomic mass is 35.5. The van der Waals surface area contributed by atoms with Gasteiger partial charge >= 0.3 is 0 Å². The topological polar surface area (TPSA) is 218 Å². The molecule has 0 saturated carbocycles. The number of anilines is 6. The highest BCUT2D eigenvalue weighted by Crippen LogP contribution is 2.39. The van der Waals surface area contributed by atoms with Gasteiger partial charge in [0.15, 0.2) is 5.82 Å². The fraction of sp³-hybridized carbons (Fsp3) is 0.490. The zero-order chi connectivity index (χ0) is 51.3. The van der Waals surface area contributed by atoms with Crippen LogP contribution in [-0.4, -0.2) is 179 Å². The summed E-state index contributed by atoms with van der Waals surface area (Å²) in [4.78, 5) is 67.3. The number of nitrogens with one attached hydrogen (secondary N) is 4. The number of para-hydroxylation sites is 1. The van der Waals surface area contributed by atoms with E-state index in [2.05, 4.69) is 47.1 Å². The molecule has 4 aliphatic heterocycles. The van der Waals surface area contributed by atoms with Gasteiger partial charge in [0.05, 0.1) is 70.9 Å². The van der Waals surface area contributed by atoms with E-state index in [1.807, 2.05) is 53.4 Å². The molecule has 0 radical (unpaired) electrons. The lowest BCUT2D eigenvalue weighted by molar-refractivity contribution is -0.139. The van der Waals surface area contributed by atoms with E-state index in [0.717, 1.165) is 56.0 Å². The minimum Gasteiger partial charge on any atom is -0.494 e. The molecule has 73 heavy (non-hydrogen) atoms. The number of nitrogens with zero attached hydrogens (tertiary/aromatic N) is 6. The molecule has 3 aromatic carbocycles. The van der Waals surface area contributed by atoms with Crippen LogP contribution < -0.4 is 36.2 Å². The van der Waals surface area contributed by atoms with Crippen molar-refractivity contribution in [1.29, 1.82) is 0 Å². The molecule has 20 nitrogen and oxygen atoms in total. The fourth-order valence-electron chi connectivity index (χ4n) is 9.54. The van der Waals surface area contributed by atoms with Crippen LogP contribution >= 0.6 is 18.7 Å². The first-order valence-electron chi connectivity index (χ1n) is 24.8. The third kappa shape index (κ3) is 14.1. The van der Waals surface area contributed by atoms with Crippen molar-refractivity contribution in [2.75, 3.05) is 140 Å². The van der Waals surface area contributed by atoms with Crippen molar-refractivity contribution in [2.24, 2.45) is 0 Å². The molecule has 0 bridgehead atoms. The van der Waals surface area contributed by atoms with Crippen LogP contribution in [0, 0.1) is 0 Å². The van der Waals surface area contributed by atoms with Crippen molar-refractivity contribution in [3.8, 4) is 5.75 Å². The Morgan fingerprint density at radius 3 is 2.22 bits per heavy atom. The number of hydrogen-bond donors (Lipinski definition) is 4. The first-order valence-corrected chi connectivity index (χ1v) is 27.8. The highest BCUT2D eigenvalue weighted by molar-refractivity contribution is 7.70. The van der Waals surface area contributed by atoms with E-state index < -0.39 is 19.1 Å². The van der Waals surface area contributed by atoms with E-state index in [4.69, 9.17) is 35.3 Å². The second-order valence-electron chi connectivity index (χ2n) is 18.6. The molecule has 1 aromatic heterocycles. The number of carbonyl (C=O) groups excluding carboxylic acids is 4. The van der Waals surface area contributed by atoms with Gasteiger partial charge in [0.1, 0.15) is 30.6 Å². The Morgan fingerprint density at radius 1 is 0.808 bits per heavy atom. The normalized spacial score (nSPS) is 17.7. The van der Waals surface area contributed by atoms with Gasteiger partial charge in [-0.1, -0.05) is 29.8 Å². The summed E-state index contributed by atoms with van der Waals surface area (Å²) in [5.74, 6) is 0.413. The van der Waals surface area contributed by atoms with Crippen LogP contribution in [-0.2, 0) is 44.4 Å². The SMILES string of the molecule is COc1cc(N2CCC(N3CCN(C(=O)COCCOCCOCCOCCNc4cccc5c4CN(C4CCC(=O)NC4=O)C5=O)CC3)CC2)ccc1Nc1ncc(Cl)c(Nc2ccccc2P(C)(C)=O)n1. The molecule has 3 fully saturated rings. The van der Waals surface area contributed by atoms with Crippen molar-refractivity contribution in [3.63, 3.8) is 0 Å². The van der Waals surface area contributed by atoms with Crippen LogP contribution in [0.4, 0.5) is 34.5 Å². The monoisotopic (exact) mass is 1040 g/mol. The molecule has 5 heterocycles. The second-order valence-corrected chi connectivity index (χ2v) is 22.2. The zero-order valence-corrected chi connectivity index (χ0v) is 43.4. The molecule has 4 aromatic rings. The van der Waals surface area contributed by atoms with Gasteiger partial charge in [0.25, 0.3) is 5.91 Å². The van der Waals surface area contributed by atoms with Crippen LogP contribution in [0.5, 0.6) is 5.75 Å². The molecule has 0 spiro atoms. The Morgan fingerprint density at radius 2 is 1.51 bits per heavy atom. The van der Waals surface area contributed by atoms with E-state index in [9.17, 15) is 23.7 Å². The summed E-state index contributed by atoms with van der Waals surface area (Å²) < 4.78 is 41.3. The summed E-state index contributed by atoms with van der Waals surface area (Å²) in [6, 6.07) is 18.7. The van der Waals surface area contributed by atoms with Crippen LogP contribution in [0.15, 0.2) is 66.9 Å². The van der Waals surface area contributed by atoms with Crippen LogP contribution in [0.3, 0.4) is 0 Å². The molecule has 392 valence electrons. The van der Waals surface area contributed by atoms with Crippen LogP contribution in [0.25, 0.3) is 0 Å². The summed E-state index contributed by atoms with van der Waals surface area (Å²) >= 11 is 6.48. The third-order valence-corrected chi connectivity index (χ3v) is 15.2. The van der Waals surface area contributed by atoms with E-state index in [1.165, 1.54) is 11.1 Å². The number of halogens is 1. The van der Waals surface area contributed by atoms with Gasteiger partial charge in [-0.25, -0.2) is 4.98 Å². The summed E-state index contributed by atoms with van der Waals surface area (Å²) in [7, 11) is -0.924. The number of rotatable bonds is 24. The van der Waals surface area contributed by atoms with Crippen molar-refractivity contribution in [2.45, 2.75) is 44.3 Å². The smallest absolute Gasteiger partial charge is 0.255 e. The molecule has 22 heteroatoms. The number of fused-ring (bicyclic) bond motifs is 1. The predicted molar refractivity (Wildman–Crippen MR) is 280 cm³/mol. The Balaban J connectivity index is 0.649. The highest BCUT2D eigenvalue weighted by Gasteiger charge is 2.40. The fourth-order valence-corrected chi connectivity index (χ4v) is 10.8. The molecule has 8 rings (SSSR count). The van der Waals surface area contributed by atoms with Gasteiger partial charge in [0, 0.05) is 98.7 Å². The van der Waals surface area contributed by atoms with E-state index in [-0.39, 0.29) is 30.7 Å². The number of piperazine rings is 1. The molecule has 0 aliphatic carbocycles. The van der Waals surface area contributed by atoms with Crippen LogP contribution in [0.1, 0.15) is 41.6 Å². The molecular weight excluding hydrogens is 979 g/mol. The number of imide groups is 1. The zero-order valence-electron chi connectivity index (χ0n) is 41.7. The first-order chi connectivity index (χ1) is 35.4. The molecular formula is C51H66ClN10O10P. The lowest BCUT2D eigenvalue weighted by atomic mass is 10.0. The van der Waals surface area contributed by atoms with Crippen molar-refractivity contribution >= 4 is 82.2 Å². The lowest BCUT2D eigenvalue weighted by Gasteiger charge is -2.43. The van der Waals surface area contributed by atoms with Gasteiger partial charge in [-0.3, -0.25) is 29.4 Å². The Kier molecular flexibility index (Phi) is 18.6. The minimum atomic E-state index is -2.56. The second kappa shape index (κ2) is 25.4. The Bertz CT molecular complexity index is 2630. The van der Waals surface area contributed by atoms with E-state index >= 15 is 0 Å². The molecule has 1 unspecified atom stereocenters. The number of aromatic nitrogens is 2. The number of ether oxygens (including phenoxy) is 5. The number of methoxy groups -OCH3 is 1. The van der Waals surface area contributed by atoms with Gasteiger partial charge in [-0.2, -0.15) is 4.98 Å². The number of piperidine rings is 2. The largest absolute Gasteiger partial charge is 0.494 e. The summed E-state index contributed by atoms with van der Waals surface area (Å²) in [5, 5.41) is 13.2. The Labute approximate surface area is 431 Å². The number of hydrogen-bond acceptors (Lipinski definition) is 17.